The molecule has 0 fully saturated rings. The molecule has 0 unspecified atom stereocenters. The molecule has 0 aromatic carbocycles. The maximum Gasteiger partial charge on any atom is 0.0618 e. The summed E-state index contributed by atoms with van der Waals surface area (Å²) >= 11 is 0. The van der Waals surface area contributed by atoms with Gasteiger partial charge >= 0.3 is 0 Å². The Morgan fingerprint density at radius 3 is 2.00 bits per heavy atom. The second kappa shape index (κ2) is 5.56. The second-order valence-corrected chi connectivity index (χ2v) is 3.63. The quantitative estimate of drug-likeness (QED) is 0.658. The minimum atomic E-state index is 0.486. The Morgan fingerprint density at radius 1 is 1.18 bits per heavy atom. The van der Waals surface area contributed by atoms with E-state index < -0.39 is 0 Å². The van der Waals surface area contributed by atoms with Gasteiger partial charge in [0.2, 0.25) is 0 Å². The molecule has 0 aliphatic rings. The SMILES string of the molecule is COC[C@H](NC(C)C)C(C)C. The highest BCUT2D eigenvalue weighted by Crippen LogP contribution is 2.02. The lowest BCUT2D eigenvalue weighted by atomic mass is 10.0. The van der Waals surface area contributed by atoms with Crippen molar-refractivity contribution in [1.82, 2.24) is 5.32 Å². The number of hydrogen-bond donors (Lipinski definition) is 1. The first kappa shape index (κ1) is 10.9. The largest absolute Gasteiger partial charge is 0.383 e. The fraction of sp³-hybridized carbons (Fsp3) is 1.00. The number of nitrogens with one attached hydrogen (secondary N) is 1. The van der Waals surface area contributed by atoms with Gasteiger partial charge in [-0.15, -0.1) is 0 Å². The molecule has 0 spiro atoms. The molecule has 1 atom stereocenters. The number of methoxy groups -OCH3 is 1. The van der Waals surface area contributed by atoms with Crippen LogP contribution >= 0.6 is 0 Å². The van der Waals surface area contributed by atoms with Crippen molar-refractivity contribution in [2.45, 2.75) is 39.8 Å². The molecule has 0 aliphatic heterocycles. The van der Waals surface area contributed by atoms with Crippen LogP contribution < -0.4 is 5.32 Å². The molecule has 0 amide bonds. The summed E-state index contributed by atoms with van der Waals surface area (Å²) in [5, 5.41) is 3.46. The second-order valence-electron chi connectivity index (χ2n) is 3.63. The van der Waals surface area contributed by atoms with Gasteiger partial charge in [0.25, 0.3) is 0 Å². The van der Waals surface area contributed by atoms with E-state index in [1.807, 2.05) is 0 Å². The molecule has 2 nitrogen and oxygen atoms in total. The van der Waals surface area contributed by atoms with Crippen LogP contribution in [0.1, 0.15) is 27.7 Å². The van der Waals surface area contributed by atoms with E-state index >= 15 is 0 Å². The van der Waals surface area contributed by atoms with Crippen LogP contribution in [0.2, 0.25) is 0 Å². The Hall–Kier alpha value is -0.0800. The van der Waals surface area contributed by atoms with E-state index in [-0.39, 0.29) is 0 Å². The smallest absolute Gasteiger partial charge is 0.0618 e. The Morgan fingerprint density at radius 2 is 1.73 bits per heavy atom. The van der Waals surface area contributed by atoms with Gasteiger partial charge in [-0.05, 0) is 5.92 Å². The third-order valence-corrected chi connectivity index (χ3v) is 1.70. The number of rotatable bonds is 5. The van der Waals surface area contributed by atoms with Gasteiger partial charge < -0.3 is 10.1 Å². The topological polar surface area (TPSA) is 21.3 Å². The highest BCUT2D eigenvalue weighted by molar-refractivity contribution is 4.71. The lowest BCUT2D eigenvalue weighted by Gasteiger charge is -2.23. The lowest BCUT2D eigenvalue weighted by molar-refractivity contribution is 0.143. The van der Waals surface area contributed by atoms with Crippen LogP contribution in [-0.4, -0.2) is 25.8 Å². The van der Waals surface area contributed by atoms with Crippen molar-refractivity contribution >= 4 is 0 Å². The van der Waals surface area contributed by atoms with E-state index in [0.29, 0.717) is 18.0 Å². The van der Waals surface area contributed by atoms with E-state index in [1.54, 1.807) is 7.11 Å². The Kier molecular flexibility index (Phi) is 5.51. The average Bonchev–Trinajstić information content (AvgIpc) is 1.86. The summed E-state index contributed by atoms with van der Waals surface area (Å²) in [5.41, 5.74) is 0. The molecule has 0 saturated heterocycles. The summed E-state index contributed by atoms with van der Waals surface area (Å²) in [7, 11) is 1.75. The van der Waals surface area contributed by atoms with E-state index in [2.05, 4.69) is 33.0 Å². The summed E-state index contributed by atoms with van der Waals surface area (Å²) < 4.78 is 5.10. The average molecular weight is 159 g/mol. The fourth-order valence-corrected chi connectivity index (χ4v) is 1.04. The van der Waals surface area contributed by atoms with Crippen molar-refractivity contribution < 1.29 is 4.74 Å². The first-order valence-electron chi connectivity index (χ1n) is 4.33. The number of hydrogen-bond acceptors (Lipinski definition) is 2. The Balaban J connectivity index is 3.69. The first-order chi connectivity index (χ1) is 5.07. The van der Waals surface area contributed by atoms with Gasteiger partial charge in [0.15, 0.2) is 0 Å². The Bertz CT molecular complexity index is 91.6. The summed E-state index contributed by atoms with van der Waals surface area (Å²) in [6.07, 6.45) is 0. The van der Waals surface area contributed by atoms with E-state index in [4.69, 9.17) is 4.74 Å². The van der Waals surface area contributed by atoms with Crippen LogP contribution in [0.5, 0.6) is 0 Å². The molecule has 0 heterocycles. The molecule has 0 aliphatic carbocycles. The summed E-state index contributed by atoms with van der Waals surface area (Å²) in [5.74, 6) is 0.636. The molecule has 1 N–H and O–H groups in total. The molecule has 68 valence electrons. The zero-order valence-corrected chi connectivity index (χ0v) is 8.35. The highest BCUT2D eigenvalue weighted by atomic mass is 16.5. The van der Waals surface area contributed by atoms with Gasteiger partial charge in [-0.25, -0.2) is 0 Å². The van der Waals surface area contributed by atoms with Crippen LogP contribution in [0, 0.1) is 5.92 Å². The highest BCUT2D eigenvalue weighted by Gasteiger charge is 2.12. The van der Waals surface area contributed by atoms with Crippen LogP contribution in [0.4, 0.5) is 0 Å². The third kappa shape index (κ3) is 5.22. The lowest BCUT2D eigenvalue weighted by Crippen LogP contribution is -2.41. The minimum absolute atomic E-state index is 0.486. The van der Waals surface area contributed by atoms with Gasteiger partial charge in [-0.1, -0.05) is 27.7 Å². The maximum absolute atomic E-state index is 5.10. The van der Waals surface area contributed by atoms with Crippen molar-refractivity contribution in [3.8, 4) is 0 Å². The van der Waals surface area contributed by atoms with Crippen molar-refractivity contribution in [3.05, 3.63) is 0 Å². The molecule has 2 heteroatoms. The zero-order valence-electron chi connectivity index (χ0n) is 8.35. The predicted octanol–water partition coefficient (Wildman–Crippen LogP) is 1.66. The monoisotopic (exact) mass is 159 g/mol. The molecule has 0 bridgehead atoms. The fourth-order valence-electron chi connectivity index (χ4n) is 1.04. The number of ether oxygens (including phenoxy) is 1. The van der Waals surface area contributed by atoms with Gasteiger partial charge in [0.05, 0.1) is 6.61 Å². The molecule has 0 saturated carbocycles. The summed E-state index contributed by atoms with van der Waals surface area (Å²) in [6, 6.07) is 1.03. The minimum Gasteiger partial charge on any atom is -0.383 e. The van der Waals surface area contributed by atoms with Gasteiger partial charge in [-0.3, -0.25) is 0 Å². The van der Waals surface area contributed by atoms with E-state index in [9.17, 15) is 0 Å². The molecule has 0 aromatic rings. The van der Waals surface area contributed by atoms with Gasteiger partial charge in [0, 0.05) is 19.2 Å². The molecule has 0 aromatic heterocycles. The van der Waals surface area contributed by atoms with Crippen molar-refractivity contribution in [1.29, 1.82) is 0 Å². The third-order valence-electron chi connectivity index (χ3n) is 1.70. The van der Waals surface area contributed by atoms with Crippen LogP contribution in [0.25, 0.3) is 0 Å². The van der Waals surface area contributed by atoms with Crippen molar-refractivity contribution in [2.24, 2.45) is 5.92 Å². The van der Waals surface area contributed by atoms with E-state index in [1.165, 1.54) is 0 Å². The molecular formula is C9H21NO. The normalized spacial score (nSPS) is 14.5. The van der Waals surface area contributed by atoms with Crippen molar-refractivity contribution in [3.63, 3.8) is 0 Å². The molecule has 0 rings (SSSR count). The van der Waals surface area contributed by atoms with Gasteiger partial charge in [-0.2, -0.15) is 0 Å². The van der Waals surface area contributed by atoms with Crippen molar-refractivity contribution in [2.75, 3.05) is 13.7 Å². The standard InChI is InChI=1S/C9H21NO/c1-7(2)9(6-11-5)10-8(3)4/h7-10H,6H2,1-5H3/t9-/m0/s1. The Labute approximate surface area is 70.3 Å². The van der Waals surface area contributed by atoms with Crippen LogP contribution in [-0.2, 0) is 4.74 Å². The van der Waals surface area contributed by atoms with Crippen LogP contribution in [0.3, 0.4) is 0 Å². The zero-order chi connectivity index (χ0) is 8.85. The van der Waals surface area contributed by atoms with Gasteiger partial charge in [0.1, 0.15) is 0 Å². The molecule has 0 radical (unpaired) electrons. The molecular weight excluding hydrogens is 138 g/mol. The van der Waals surface area contributed by atoms with E-state index in [0.717, 1.165) is 6.61 Å². The predicted molar refractivity (Wildman–Crippen MR) is 48.8 cm³/mol. The summed E-state index contributed by atoms with van der Waals surface area (Å²) in [6.45, 7) is 9.53. The summed E-state index contributed by atoms with van der Waals surface area (Å²) in [4.78, 5) is 0. The first-order valence-corrected chi connectivity index (χ1v) is 4.33. The molecule has 11 heavy (non-hydrogen) atoms. The van der Waals surface area contributed by atoms with Crippen LogP contribution in [0.15, 0.2) is 0 Å². The maximum atomic E-state index is 5.10.